The van der Waals surface area contributed by atoms with Crippen molar-refractivity contribution in [2.75, 3.05) is 37.3 Å². The number of carbonyl (C=O) groups is 2. The van der Waals surface area contributed by atoms with Gasteiger partial charge in [0, 0.05) is 30.6 Å². The molecule has 2 heterocycles. The summed E-state index contributed by atoms with van der Waals surface area (Å²) in [5.74, 6) is 1.26. The lowest BCUT2D eigenvalue weighted by atomic mass is 10.1. The molecule has 2 aliphatic heterocycles. The third-order valence-corrected chi connectivity index (χ3v) is 5.57. The number of fused-ring (bicyclic) bond motifs is 1. The molecule has 1 atom stereocenters. The number of anilines is 1. The maximum Gasteiger partial charge on any atom is 0.410 e. The molecule has 0 spiro atoms. The van der Waals surface area contributed by atoms with Crippen molar-refractivity contribution in [3.8, 4) is 5.75 Å². The van der Waals surface area contributed by atoms with Crippen molar-refractivity contribution >= 4 is 29.4 Å². The molecule has 0 bridgehead atoms. The molecule has 1 unspecified atom stereocenters. The molecule has 1 aromatic rings. The van der Waals surface area contributed by atoms with E-state index in [4.69, 9.17) is 9.47 Å². The van der Waals surface area contributed by atoms with Crippen molar-refractivity contribution in [3.63, 3.8) is 0 Å². The fraction of sp³-hybridized carbons (Fsp3) is 0.600. The predicted octanol–water partition coefficient (Wildman–Crippen LogP) is 3.10. The molecule has 1 aromatic carbocycles. The number of carbonyl (C=O) groups excluding carboxylic acids is 2. The van der Waals surface area contributed by atoms with Gasteiger partial charge in [-0.3, -0.25) is 4.79 Å². The number of hydrogen-bond acceptors (Lipinski definition) is 6. The summed E-state index contributed by atoms with van der Waals surface area (Å²) in [5.41, 5.74) is 0.356. The minimum absolute atomic E-state index is 0.0294. The maximum atomic E-state index is 12.5. The third-order valence-electron chi connectivity index (χ3n) is 4.51. The molecule has 28 heavy (non-hydrogen) atoms. The van der Waals surface area contributed by atoms with Crippen LogP contribution in [0.4, 0.5) is 10.5 Å². The highest BCUT2D eigenvalue weighted by Crippen LogP contribution is 2.34. The number of amides is 2. The standard InChI is InChI=1S/C20H29N3O4S/c1-20(2,3)27-19(25)23-9-8-21-12-14(23)5-4-10-26-15-6-7-16-17(11-15)28-13-18(24)22-16/h6-7,11,14,21H,4-5,8-10,12-13H2,1-3H3,(H,22,24). The Balaban J connectivity index is 1.47. The molecule has 3 rings (SSSR count). The Kier molecular flexibility index (Phi) is 6.72. The van der Waals surface area contributed by atoms with Gasteiger partial charge in [-0.05, 0) is 51.8 Å². The zero-order valence-corrected chi connectivity index (χ0v) is 17.6. The summed E-state index contributed by atoms with van der Waals surface area (Å²) in [7, 11) is 0. The molecular weight excluding hydrogens is 378 g/mol. The topological polar surface area (TPSA) is 79.9 Å². The summed E-state index contributed by atoms with van der Waals surface area (Å²) in [6.07, 6.45) is 1.45. The Morgan fingerprint density at radius 2 is 2.18 bits per heavy atom. The van der Waals surface area contributed by atoms with Crippen molar-refractivity contribution in [1.82, 2.24) is 10.2 Å². The number of nitrogens with one attached hydrogen (secondary N) is 2. The molecule has 8 heteroatoms. The lowest BCUT2D eigenvalue weighted by Gasteiger charge is -2.37. The Hall–Kier alpha value is -1.93. The molecule has 154 valence electrons. The number of hydrogen-bond donors (Lipinski definition) is 2. The van der Waals surface area contributed by atoms with Gasteiger partial charge in [-0.15, -0.1) is 11.8 Å². The van der Waals surface area contributed by atoms with E-state index in [1.807, 2.05) is 43.9 Å². The second-order valence-corrected chi connectivity index (χ2v) is 9.03. The van der Waals surface area contributed by atoms with Gasteiger partial charge in [-0.25, -0.2) is 4.79 Å². The van der Waals surface area contributed by atoms with Crippen LogP contribution in [-0.2, 0) is 9.53 Å². The molecule has 2 N–H and O–H groups in total. The smallest absolute Gasteiger partial charge is 0.410 e. The number of benzene rings is 1. The van der Waals surface area contributed by atoms with Crippen LogP contribution < -0.4 is 15.4 Å². The highest BCUT2D eigenvalue weighted by atomic mass is 32.2. The van der Waals surface area contributed by atoms with E-state index in [1.165, 1.54) is 11.8 Å². The van der Waals surface area contributed by atoms with Crippen LogP contribution in [0.3, 0.4) is 0 Å². The first-order valence-electron chi connectivity index (χ1n) is 9.72. The Morgan fingerprint density at radius 1 is 1.36 bits per heavy atom. The van der Waals surface area contributed by atoms with Gasteiger partial charge in [-0.1, -0.05) is 0 Å². The quantitative estimate of drug-likeness (QED) is 0.730. The van der Waals surface area contributed by atoms with E-state index in [-0.39, 0.29) is 18.0 Å². The van der Waals surface area contributed by atoms with Crippen LogP contribution in [0.2, 0.25) is 0 Å². The SMILES string of the molecule is CC(C)(C)OC(=O)N1CCNCC1CCCOc1ccc2c(c1)SCC(=O)N2. The van der Waals surface area contributed by atoms with E-state index in [0.717, 1.165) is 42.3 Å². The molecule has 2 aliphatic rings. The summed E-state index contributed by atoms with van der Waals surface area (Å²) in [6, 6.07) is 5.83. The first-order valence-corrected chi connectivity index (χ1v) is 10.7. The Bertz CT molecular complexity index is 720. The van der Waals surface area contributed by atoms with Gasteiger partial charge >= 0.3 is 6.09 Å². The average Bonchev–Trinajstić information content (AvgIpc) is 2.64. The highest BCUT2D eigenvalue weighted by molar-refractivity contribution is 8.00. The lowest BCUT2D eigenvalue weighted by Crippen LogP contribution is -2.54. The molecule has 1 saturated heterocycles. The first-order chi connectivity index (χ1) is 13.3. The minimum atomic E-state index is -0.487. The van der Waals surface area contributed by atoms with Crippen LogP contribution >= 0.6 is 11.8 Å². The van der Waals surface area contributed by atoms with E-state index >= 15 is 0 Å². The number of rotatable bonds is 5. The average molecular weight is 408 g/mol. The van der Waals surface area contributed by atoms with E-state index in [9.17, 15) is 9.59 Å². The van der Waals surface area contributed by atoms with Crippen molar-refractivity contribution in [2.24, 2.45) is 0 Å². The van der Waals surface area contributed by atoms with Crippen molar-refractivity contribution in [3.05, 3.63) is 18.2 Å². The number of ether oxygens (including phenoxy) is 2. The van der Waals surface area contributed by atoms with Gasteiger partial charge in [0.2, 0.25) is 5.91 Å². The normalized spacial score (nSPS) is 19.6. The number of thioether (sulfide) groups is 1. The molecule has 0 aromatic heterocycles. The summed E-state index contributed by atoms with van der Waals surface area (Å²) in [4.78, 5) is 26.7. The van der Waals surface area contributed by atoms with Crippen LogP contribution in [0.1, 0.15) is 33.6 Å². The second-order valence-electron chi connectivity index (χ2n) is 8.02. The highest BCUT2D eigenvalue weighted by Gasteiger charge is 2.30. The molecule has 2 amide bonds. The molecule has 0 radical (unpaired) electrons. The van der Waals surface area contributed by atoms with E-state index < -0.39 is 5.60 Å². The monoisotopic (exact) mass is 407 g/mol. The fourth-order valence-corrected chi connectivity index (χ4v) is 4.07. The summed E-state index contributed by atoms with van der Waals surface area (Å²) < 4.78 is 11.4. The fourth-order valence-electron chi connectivity index (χ4n) is 3.23. The van der Waals surface area contributed by atoms with Gasteiger partial charge in [0.25, 0.3) is 0 Å². The van der Waals surface area contributed by atoms with Gasteiger partial charge in [0.1, 0.15) is 11.4 Å². The van der Waals surface area contributed by atoms with E-state index in [2.05, 4.69) is 10.6 Å². The second kappa shape index (κ2) is 9.05. The van der Waals surface area contributed by atoms with Crippen LogP contribution in [0, 0.1) is 0 Å². The van der Waals surface area contributed by atoms with Crippen LogP contribution in [-0.4, -0.2) is 60.5 Å². The van der Waals surface area contributed by atoms with Gasteiger partial charge in [0.05, 0.1) is 18.0 Å². The maximum absolute atomic E-state index is 12.5. The number of nitrogens with zero attached hydrogens (tertiary/aromatic N) is 1. The zero-order valence-electron chi connectivity index (χ0n) is 16.7. The molecular formula is C20H29N3O4S. The predicted molar refractivity (Wildman–Crippen MR) is 110 cm³/mol. The summed E-state index contributed by atoms with van der Waals surface area (Å²) in [5, 5.41) is 6.21. The van der Waals surface area contributed by atoms with E-state index in [0.29, 0.717) is 18.9 Å². The zero-order chi connectivity index (χ0) is 20.1. The molecule has 1 fully saturated rings. The van der Waals surface area contributed by atoms with Crippen molar-refractivity contribution in [1.29, 1.82) is 0 Å². The van der Waals surface area contributed by atoms with Gasteiger partial charge in [0.15, 0.2) is 0 Å². The lowest BCUT2D eigenvalue weighted by molar-refractivity contribution is -0.113. The van der Waals surface area contributed by atoms with Crippen molar-refractivity contribution in [2.45, 2.75) is 50.2 Å². The van der Waals surface area contributed by atoms with Gasteiger partial charge in [-0.2, -0.15) is 0 Å². The summed E-state index contributed by atoms with van der Waals surface area (Å²) >= 11 is 1.52. The van der Waals surface area contributed by atoms with Crippen LogP contribution in [0.5, 0.6) is 5.75 Å². The van der Waals surface area contributed by atoms with E-state index in [1.54, 1.807) is 0 Å². The Labute approximate surface area is 170 Å². The third kappa shape index (κ3) is 5.78. The molecule has 0 aliphatic carbocycles. The largest absolute Gasteiger partial charge is 0.494 e. The van der Waals surface area contributed by atoms with Crippen LogP contribution in [0.25, 0.3) is 0 Å². The first kappa shape index (κ1) is 20.8. The van der Waals surface area contributed by atoms with Crippen LogP contribution in [0.15, 0.2) is 23.1 Å². The van der Waals surface area contributed by atoms with Gasteiger partial charge < -0.3 is 25.0 Å². The minimum Gasteiger partial charge on any atom is -0.494 e. The van der Waals surface area contributed by atoms with Crippen molar-refractivity contribution < 1.29 is 19.1 Å². The number of piperazine rings is 1. The molecule has 0 saturated carbocycles. The summed E-state index contributed by atoms with van der Waals surface area (Å²) in [6.45, 7) is 8.46. The Morgan fingerprint density at radius 3 is 2.96 bits per heavy atom. The molecule has 7 nitrogen and oxygen atoms in total.